The third-order valence-electron chi connectivity index (χ3n) is 4.36. The van der Waals surface area contributed by atoms with Crippen molar-refractivity contribution in [3.8, 4) is 0 Å². The van der Waals surface area contributed by atoms with E-state index in [1.807, 2.05) is 0 Å². The van der Waals surface area contributed by atoms with Gasteiger partial charge < -0.3 is 0 Å². The molecule has 0 aromatic heterocycles. The molecule has 3 rings (SSSR count). The van der Waals surface area contributed by atoms with E-state index in [4.69, 9.17) is 0 Å². The fraction of sp³-hybridized carbons (Fsp3) is 0.300. The molecular formula is C20H23N. The highest BCUT2D eigenvalue weighted by molar-refractivity contribution is 5.80. The van der Waals surface area contributed by atoms with Crippen molar-refractivity contribution in [1.82, 2.24) is 4.90 Å². The molecule has 0 bridgehead atoms. The number of likely N-dealkylation sites (tertiary alicyclic amines) is 1. The van der Waals surface area contributed by atoms with E-state index in [0.29, 0.717) is 6.04 Å². The molecule has 0 N–H and O–H groups in total. The summed E-state index contributed by atoms with van der Waals surface area (Å²) in [6.45, 7) is 1.21. The summed E-state index contributed by atoms with van der Waals surface area (Å²) in [5.41, 5.74) is 3.97. The lowest BCUT2D eigenvalue weighted by Gasteiger charge is -2.31. The molecule has 1 atom stereocenters. The van der Waals surface area contributed by atoms with Crippen LogP contribution >= 0.6 is 0 Å². The van der Waals surface area contributed by atoms with Crippen LogP contribution in [0.2, 0.25) is 0 Å². The normalized spacial score (nSPS) is 19.2. The lowest BCUT2D eigenvalue weighted by Crippen LogP contribution is -2.34. The highest BCUT2D eigenvalue weighted by atomic mass is 15.1. The quantitative estimate of drug-likeness (QED) is 0.792. The van der Waals surface area contributed by atoms with Gasteiger partial charge in [-0.2, -0.15) is 0 Å². The van der Waals surface area contributed by atoms with Gasteiger partial charge in [-0.05, 0) is 43.1 Å². The van der Waals surface area contributed by atoms with Crippen LogP contribution in [0.4, 0.5) is 0 Å². The Morgan fingerprint density at radius 2 is 1.48 bits per heavy atom. The summed E-state index contributed by atoms with van der Waals surface area (Å²) in [7, 11) is 2.24. The van der Waals surface area contributed by atoms with Gasteiger partial charge in [-0.15, -0.1) is 0 Å². The number of likely N-dealkylation sites (N-methyl/N-ethyl adjacent to an activating group) is 1. The van der Waals surface area contributed by atoms with E-state index in [9.17, 15) is 0 Å². The topological polar surface area (TPSA) is 3.24 Å². The predicted molar refractivity (Wildman–Crippen MR) is 90.2 cm³/mol. The Labute approximate surface area is 127 Å². The zero-order valence-electron chi connectivity index (χ0n) is 12.7. The van der Waals surface area contributed by atoms with E-state index < -0.39 is 0 Å². The molecule has 0 aliphatic carbocycles. The van der Waals surface area contributed by atoms with Gasteiger partial charge in [-0.25, -0.2) is 0 Å². The molecule has 0 saturated carbocycles. The van der Waals surface area contributed by atoms with Crippen LogP contribution in [0.5, 0.6) is 0 Å². The first-order valence-corrected chi connectivity index (χ1v) is 7.87. The summed E-state index contributed by atoms with van der Waals surface area (Å²) in [4.78, 5) is 2.48. The second-order valence-corrected chi connectivity index (χ2v) is 5.86. The van der Waals surface area contributed by atoms with Crippen LogP contribution in [0.25, 0.3) is 5.57 Å². The Morgan fingerprint density at radius 1 is 0.905 bits per heavy atom. The second-order valence-electron chi connectivity index (χ2n) is 5.86. The Morgan fingerprint density at radius 3 is 2.00 bits per heavy atom. The van der Waals surface area contributed by atoms with Gasteiger partial charge in [0, 0.05) is 6.04 Å². The maximum atomic E-state index is 2.48. The van der Waals surface area contributed by atoms with Crippen molar-refractivity contribution in [3.63, 3.8) is 0 Å². The van der Waals surface area contributed by atoms with E-state index in [1.54, 1.807) is 0 Å². The van der Waals surface area contributed by atoms with Gasteiger partial charge >= 0.3 is 0 Å². The molecule has 1 heteroatoms. The largest absolute Gasteiger partial charge is 0.300 e. The molecular weight excluding hydrogens is 254 g/mol. The van der Waals surface area contributed by atoms with Gasteiger partial charge in [-0.3, -0.25) is 4.90 Å². The summed E-state index contributed by atoms with van der Waals surface area (Å²) < 4.78 is 0. The lowest BCUT2D eigenvalue weighted by atomic mass is 9.93. The molecule has 1 saturated heterocycles. The molecule has 1 unspecified atom stereocenters. The summed E-state index contributed by atoms with van der Waals surface area (Å²) in [5.74, 6) is 0. The van der Waals surface area contributed by atoms with Crippen molar-refractivity contribution in [2.75, 3.05) is 13.6 Å². The first kappa shape index (κ1) is 14.1. The van der Waals surface area contributed by atoms with Crippen molar-refractivity contribution in [1.29, 1.82) is 0 Å². The molecule has 1 aliphatic heterocycles. The number of hydrogen-bond donors (Lipinski definition) is 0. The molecule has 108 valence electrons. The standard InChI is InChI=1S/C20H23N/c1-21-15-9-8-14-19(21)16-20(17-10-4-2-5-11-17)18-12-6-3-7-13-18/h2-7,10-13,16,19H,8-9,14-15H2,1H3. The second kappa shape index (κ2) is 6.73. The van der Waals surface area contributed by atoms with E-state index in [-0.39, 0.29) is 0 Å². The van der Waals surface area contributed by atoms with Gasteiger partial charge in [0.2, 0.25) is 0 Å². The fourth-order valence-electron chi connectivity index (χ4n) is 3.10. The van der Waals surface area contributed by atoms with Crippen LogP contribution in [0.1, 0.15) is 30.4 Å². The van der Waals surface area contributed by atoms with Crippen LogP contribution in [-0.4, -0.2) is 24.5 Å². The van der Waals surface area contributed by atoms with Crippen LogP contribution in [-0.2, 0) is 0 Å². The molecule has 1 nitrogen and oxygen atoms in total. The minimum atomic E-state index is 0.550. The minimum absolute atomic E-state index is 0.550. The van der Waals surface area contributed by atoms with Crippen molar-refractivity contribution < 1.29 is 0 Å². The van der Waals surface area contributed by atoms with Crippen LogP contribution < -0.4 is 0 Å². The van der Waals surface area contributed by atoms with Crippen LogP contribution in [0.3, 0.4) is 0 Å². The van der Waals surface area contributed by atoms with Gasteiger partial charge in [0.1, 0.15) is 0 Å². The van der Waals surface area contributed by atoms with Crippen molar-refractivity contribution >= 4 is 5.57 Å². The number of nitrogens with zero attached hydrogens (tertiary/aromatic N) is 1. The fourth-order valence-corrected chi connectivity index (χ4v) is 3.10. The predicted octanol–water partition coefficient (Wildman–Crippen LogP) is 4.60. The number of rotatable bonds is 3. The van der Waals surface area contributed by atoms with Gasteiger partial charge in [0.25, 0.3) is 0 Å². The summed E-state index contributed by atoms with van der Waals surface area (Å²) in [5, 5.41) is 0. The smallest absolute Gasteiger partial charge is 0.0284 e. The summed E-state index contributed by atoms with van der Waals surface area (Å²) >= 11 is 0. The lowest BCUT2D eigenvalue weighted by molar-refractivity contribution is 0.222. The van der Waals surface area contributed by atoms with Crippen molar-refractivity contribution in [2.24, 2.45) is 0 Å². The van der Waals surface area contributed by atoms with Gasteiger partial charge in [-0.1, -0.05) is 73.2 Å². The molecule has 1 aliphatic rings. The zero-order chi connectivity index (χ0) is 14.5. The molecule has 2 aromatic rings. The number of hydrogen-bond acceptors (Lipinski definition) is 1. The third-order valence-corrected chi connectivity index (χ3v) is 4.36. The van der Waals surface area contributed by atoms with Crippen molar-refractivity contribution in [2.45, 2.75) is 25.3 Å². The monoisotopic (exact) mass is 277 g/mol. The summed E-state index contributed by atoms with van der Waals surface area (Å²) in [6, 6.07) is 22.0. The maximum absolute atomic E-state index is 2.48. The Kier molecular flexibility index (Phi) is 4.52. The van der Waals surface area contributed by atoms with Gasteiger partial charge in [0.05, 0.1) is 0 Å². The Bertz CT molecular complexity index is 544. The molecule has 0 spiro atoms. The molecule has 21 heavy (non-hydrogen) atoms. The molecule has 1 fully saturated rings. The average Bonchev–Trinajstić information content (AvgIpc) is 2.56. The van der Waals surface area contributed by atoms with Crippen LogP contribution in [0, 0.1) is 0 Å². The van der Waals surface area contributed by atoms with E-state index in [0.717, 1.165) is 0 Å². The Balaban J connectivity index is 2.00. The van der Waals surface area contributed by atoms with Crippen LogP contribution in [0.15, 0.2) is 66.7 Å². The minimum Gasteiger partial charge on any atom is -0.300 e. The van der Waals surface area contributed by atoms with Gasteiger partial charge in [0.15, 0.2) is 0 Å². The first-order chi connectivity index (χ1) is 10.3. The highest BCUT2D eigenvalue weighted by Crippen LogP contribution is 2.27. The SMILES string of the molecule is CN1CCCCC1C=C(c1ccccc1)c1ccccc1. The Hall–Kier alpha value is -1.86. The molecule has 0 radical (unpaired) electrons. The molecule has 1 heterocycles. The molecule has 0 amide bonds. The third kappa shape index (κ3) is 3.43. The number of benzene rings is 2. The zero-order valence-corrected chi connectivity index (χ0v) is 12.7. The maximum Gasteiger partial charge on any atom is 0.0284 e. The average molecular weight is 277 g/mol. The van der Waals surface area contributed by atoms with Crippen molar-refractivity contribution in [3.05, 3.63) is 77.9 Å². The first-order valence-electron chi connectivity index (χ1n) is 7.87. The van der Waals surface area contributed by atoms with E-state index in [1.165, 1.54) is 42.5 Å². The van der Waals surface area contributed by atoms with E-state index in [2.05, 4.69) is 78.7 Å². The molecule has 2 aromatic carbocycles. The summed E-state index contributed by atoms with van der Waals surface area (Å²) in [6.07, 6.45) is 6.39. The van der Waals surface area contributed by atoms with E-state index >= 15 is 0 Å². The highest BCUT2D eigenvalue weighted by Gasteiger charge is 2.18. The number of piperidine rings is 1.